The standard InChI is InChI=1S/C16H34N4O3/c1-16(2,3)20-12(8-4-6-10-17)14(21)19-13(15(22)23)9-5-7-11-18/h12-13,20H,4-11,17-18H2,1-3H3,(H,19,21)(H,22,23)/t12-,13-/m0/s1. The highest BCUT2D eigenvalue weighted by Gasteiger charge is 2.27. The van der Waals surface area contributed by atoms with E-state index in [0.29, 0.717) is 32.4 Å². The van der Waals surface area contributed by atoms with Gasteiger partial charge in [-0.25, -0.2) is 4.79 Å². The molecule has 7 heteroatoms. The Bertz CT molecular complexity index is 356. The summed E-state index contributed by atoms with van der Waals surface area (Å²) in [6.07, 6.45) is 4.12. The number of carbonyl (C=O) groups is 2. The first-order valence-corrected chi connectivity index (χ1v) is 8.42. The Kier molecular flexibility index (Phi) is 10.8. The van der Waals surface area contributed by atoms with E-state index >= 15 is 0 Å². The monoisotopic (exact) mass is 330 g/mol. The van der Waals surface area contributed by atoms with Gasteiger partial charge in [0.2, 0.25) is 5.91 Å². The lowest BCUT2D eigenvalue weighted by Crippen LogP contribution is -2.54. The number of hydrogen-bond donors (Lipinski definition) is 5. The summed E-state index contributed by atoms with van der Waals surface area (Å²) in [4.78, 5) is 23.8. The quantitative estimate of drug-likeness (QED) is 0.333. The Morgan fingerprint density at radius 2 is 1.43 bits per heavy atom. The fourth-order valence-electron chi connectivity index (χ4n) is 2.31. The van der Waals surface area contributed by atoms with Crippen LogP contribution in [0.4, 0.5) is 0 Å². The molecule has 0 unspecified atom stereocenters. The molecule has 0 saturated carbocycles. The third-order valence-electron chi connectivity index (χ3n) is 3.43. The molecule has 0 aliphatic carbocycles. The van der Waals surface area contributed by atoms with Crippen LogP contribution < -0.4 is 22.1 Å². The van der Waals surface area contributed by atoms with Gasteiger partial charge in [0.15, 0.2) is 0 Å². The van der Waals surface area contributed by atoms with Crippen molar-refractivity contribution in [1.29, 1.82) is 0 Å². The van der Waals surface area contributed by atoms with E-state index in [1.807, 2.05) is 20.8 Å². The van der Waals surface area contributed by atoms with Gasteiger partial charge < -0.3 is 27.2 Å². The van der Waals surface area contributed by atoms with Crippen molar-refractivity contribution in [3.8, 4) is 0 Å². The Morgan fingerprint density at radius 3 is 1.83 bits per heavy atom. The normalized spacial score (nSPS) is 14.3. The van der Waals surface area contributed by atoms with Gasteiger partial charge >= 0.3 is 5.97 Å². The number of nitrogens with two attached hydrogens (primary N) is 2. The number of unbranched alkanes of at least 4 members (excludes halogenated alkanes) is 2. The van der Waals surface area contributed by atoms with E-state index in [0.717, 1.165) is 19.3 Å². The first kappa shape index (κ1) is 21.8. The lowest BCUT2D eigenvalue weighted by molar-refractivity contribution is -0.142. The molecule has 0 heterocycles. The molecule has 23 heavy (non-hydrogen) atoms. The molecular weight excluding hydrogens is 296 g/mol. The van der Waals surface area contributed by atoms with Crippen molar-refractivity contribution in [2.24, 2.45) is 11.5 Å². The number of carboxylic acid groups (broad SMARTS) is 1. The van der Waals surface area contributed by atoms with Crippen molar-refractivity contribution in [2.45, 2.75) is 76.9 Å². The maximum atomic E-state index is 12.5. The maximum absolute atomic E-state index is 12.5. The molecule has 0 rings (SSSR count). The molecular formula is C16H34N4O3. The molecule has 0 fully saturated rings. The Hall–Kier alpha value is -1.18. The molecule has 0 saturated heterocycles. The molecule has 136 valence electrons. The average Bonchev–Trinajstić information content (AvgIpc) is 2.44. The molecule has 7 nitrogen and oxygen atoms in total. The lowest BCUT2D eigenvalue weighted by atomic mass is 10.0. The fraction of sp³-hybridized carbons (Fsp3) is 0.875. The van der Waals surface area contributed by atoms with Crippen LogP contribution in [0.25, 0.3) is 0 Å². The summed E-state index contributed by atoms with van der Waals surface area (Å²) in [6.45, 7) is 7.04. The van der Waals surface area contributed by atoms with Gasteiger partial charge in [-0.3, -0.25) is 4.79 Å². The van der Waals surface area contributed by atoms with Crippen LogP contribution in [0, 0.1) is 0 Å². The van der Waals surface area contributed by atoms with Crippen molar-refractivity contribution < 1.29 is 14.7 Å². The molecule has 0 aliphatic heterocycles. The predicted octanol–water partition coefficient (Wildman–Crippen LogP) is 0.571. The van der Waals surface area contributed by atoms with Gasteiger partial charge in [-0.1, -0.05) is 6.42 Å². The molecule has 0 aromatic rings. The van der Waals surface area contributed by atoms with Crippen molar-refractivity contribution >= 4 is 11.9 Å². The van der Waals surface area contributed by atoms with Crippen LogP contribution in [0.2, 0.25) is 0 Å². The zero-order chi connectivity index (χ0) is 17.9. The third kappa shape index (κ3) is 11.1. The number of carboxylic acids is 1. The van der Waals surface area contributed by atoms with E-state index < -0.39 is 18.1 Å². The van der Waals surface area contributed by atoms with E-state index in [2.05, 4.69) is 10.6 Å². The van der Waals surface area contributed by atoms with Crippen LogP contribution in [0.5, 0.6) is 0 Å². The smallest absolute Gasteiger partial charge is 0.326 e. The average molecular weight is 330 g/mol. The number of nitrogens with one attached hydrogen (secondary N) is 2. The second kappa shape index (κ2) is 11.4. The van der Waals surface area contributed by atoms with Crippen LogP contribution in [0.15, 0.2) is 0 Å². The Morgan fingerprint density at radius 1 is 0.957 bits per heavy atom. The van der Waals surface area contributed by atoms with Gasteiger partial charge in [0.05, 0.1) is 6.04 Å². The highest BCUT2D eigenvalue weighted by molar-refractivity contribution is 5.86. The molecule has 1 amide bonds. The maximum Gasteiger partial charge on any atom is 0.326 e. The van der Waals surface area contributed by atoms with Crippen LogP contribution >= 0.6 is 0 Å². The predicted molar refractivity (Wildman–Crippen MR) is 92.1 cm³/mol. The number of hydrogen-bond acceptors (Lipinski definition) is 5. The minimum Gasteiger partial charge on any atom is -0.480 e. The van der Waals surface area contributed by atoms with Gasteiger partial charge in [0.1, 0.15) is 6.04 Å². The second-order valence-corrected chi connectivity index (χ2v) is 6.92. The molecule has 0 aliphatic rings. The first-order chi connectivity index (χ1) is 10.7. The van der Waals surface area contributed by atoms with Crippen LogP contribution in [-0.2, 0) is 9.59 Å². The van der Waals surface area contributed by atoms with Gasteiger partial charge in [-0.15, -0.1) is 0 Å². The van der Waals surface area contributed by atoms with E-state index in [1.54, 1.807) is 0 Å². The minimum atomic E-state index is -1.01. The molecule has 0 bridgehead atoms. The number of carbonyl (C=O) groups excluding carboxylic acids is 1. The van der Waals surface area contributed by atoms with Crippen LogP contribution in [0.3, 0.4) is 0 Å². The number of amides is 1. The van der Waals surface area contributed by atoms with Crippen molar-refractivity contribution in [2.75, 3.05) is 13.1 Å². The highest BCUT2D eigenvalue weighted by Crippen LogP contribution is 2.09. The second-order valence-electron chi connectivity index (χ2n) is 6.92. The van der Waals surface area contributed by atoms with Crippen molar-refractivity contribution in [3.63, 3.8) is 0 Å². The minimum absolute atomic E-state index is 0.233. The third-order valence-corrected chi connectivity index (χ3v) is 3.43. The Labute approximate surface area is 139 Å². The van der Waals surface area contributed by atoms with Crippen molar-refractivity contribution in [1.82, 2.24) is 10.6 Å². The molecule has 0 spiro atoms. The number of rotatable bonds is 12. The molecule has 7 N–H and O–H groups in total. The summed E-state index contributed by atoms with van der Waals surface area (Å²) in [6, 6.07) is -1.29. The van der Waals surface area contributed by atoms with Gasteiger partial charge in [-0.05, 0) is 66.0 Å². The van der Waals surface area contributed by atoms with Gasteiger partial charge in [-0.2, -0.15) is 0 Å². The SMILES string of the molecule is CC(C)(C)N[C@@H](CCCCN)C(=O)N[C@@H](CCCCN)C(=O)O. The summed E-state index contributed by atoms with van der Waals surface area (Å²) >= 11 is 0. The zero-order valence-corrected chi connectivity index (χ0v) is 14.7. The molecule has 0 radical (unpaired) electrons. The first-order valence-electron chi connectivity index (χ1n) is 8.42. The summed E-state index contributed by atoms with van der Waals surface area (Å²) in [5, 5.41) is 15.2. The summed E-state index contributed by atoms with van der Waals surface area (Å²) in [7, 11) is 0. The zero-order valence-electron chi connectivity index (χ0n) is 14.7. The van der Waals surface area contributed by atoms with Crippen molar-refractivity contribution in [3.05, 3.63) is 0 Å². The van der Waals surface area contributed by atoms with E-state index in [4.69, 9.17) is 11.5 Å². The molecule has 0 aromatic heterocycles. The van der Waals surface area contributed by atoms with Gasteiger partial charge in [0.25, 0.3) is 0 Å². The van der Waals surface area contributed by atoms with Gasteiger partial charge in [0, 0.05) is 5.54 Å². The molecule has 0 aromatic carbocycles. The fourth-order valence-corrected chi connectivity index (χ4v) is 2.31. The summed E-state index contributed by atoms with van der Waals surface area (Å²) in [5.41, 5.74) is 10.7. The highest BCUT2D eigenvalue weighted by atomic mass is 16.4. The van der Waals surface area contributed by atoms with Crippen LogP contribution in [-0.4, -0.2) is 47.7 Å². The van der Waals surface area contributed by atoms with E-state index in [1.165, 1.54) is 0 Å². The summed E-state index contributed by atoms with van der Waals surface area (Å²) < 4.78 is 0. The topological polar surface area (TPSA) is 130 Å². The lowest BCUT2D eigenvalue weighted by Gasteiger charge is -2.29. The largest absolute Gasteiger partial charge is 0.480 e. The Balaban J connectivity index is 4.71. The van der Waals surface area contributed by atoms with E-state index in [9.17, 15) is 14.7 Å². The van der Waals surface area contributed by atoms with Crippen LogP contribution in [0.1, 0.15) is 59.3 Å². The summed E-state index contributed by atoms with van der Waals surface area (Å²) in [5.74, 6) is -1.27. The molecule has 2 atom stereocenters. The number of aliphatic carboxylic acids is 1. The van der Waals surface area contributed by atoms with E-state index in [-0.39, 0.29) is 11.4 Å².